The zero-order chi connectivity index (χ0) is 23.9. The third kappa shape index (κ3) is 10.7. The number of hydrogen-bond acceptors (Lipinski definition) is 7. The highest BCUT2D eigenvalue weighted by atomic mass is 32.5. The lowest BCUT2D eigenvalue weighted by molar-refractivity contribution is -0.134. The molecule has 1 N–H and O–H groups in total. The predicted molar refractivity (Wildman–Crippen MR) is 135 cm³/mol. The Labute approximate surface area is 201 Å². The normalized spacial score (nSPS) is 13.3. The zero-order valence-electron chi connectivity index (χ0n) is 19.6. The summed E-state index contributed by atoms with van der Waals surface area (Å²) in [6, 6.07) is 7.12. The molecule has 0 bridgehead atoms. The standard InChI is InChI=1S/C24H35N2O5PS/c1-3-5-7-9-10-12-18-22(27)30-23-24(26-21-17-14-13-16-20(21)25-23)31-32(28,33)29-19-15-11-8-6-4-2/h5,7,13-14,16-17H,3-4,6,8-12,15,18-19H2,1-2H3,(H,28,33)/b7-5+. The van der Waals surface area contributed by atoms with Crippen LogP contribution in [-0.4, -0.2) is 27.4 Å². The Hall–Kier alpha value is -1.86. The Morgan fingerprint density at radius 2 is 1.70 bits per heavy atom. The molecule has 0 aliphatic carbocycles. The second-order valence-corrected chi connectivity index (χ2v) is 10.5. The highest BCUT2D eigenvalue weighted by Crippen LogP contribution is 2.46. The minimum Gasteiger partial charge on any atom is -0.402 e. The van der Waals surface area contributed by atoms with Crippen LogP contribution in [0.25, 0.3) is 11.0 Å². The van der Waals surface area contributed by atoms with E-state index in [9.17, 15) is 9.69 Å². The van der Waals surface area contributed by atoms with Crippen LogP contribution < -0.4 is 9.26 Å². The quantitative estimate of drug-likeness (QED) is 0.120. The van der Waals surface area contributed by atoms with Gasteiger partial charge in [0.15, 0.2) is 0 Å². The van der Waals surface area contributed by atoms with E-state index in [1.165, 1.54) is 6.42 Å². The van der Waals surface area contributed by atoms with Gasteiger partial charge in [-0.15, -0.1) is 0 Å². The zero-order valence-corrected chi connectivity index (χ0v) is 21.3. The first-order valence-corrected chi connectivity index (χ1v) is 14.3. The average Bonchev–Trinajstić information content (AvgIpc) is 2.78. The molecule has 182 valence electrons. The summed E-state index contributed by atoms with van der Waals surface area (Å²) in [6.45, 7) is 0.905. The van der Waals surface area contributed by atoms with Crippen molar-refractivity contribution in [1.29, 1.82) is 0 Å². The monoisotopic (exact) mass is 494 g/mol. The van der Waals surface area contributed by atoms with Crippen LogP contribution in [0.4, 0.5) is 0 Å². The fourth-order valence-electron chi connectivity index (χ4n) is 3.09. The summed E-state index contributed by atoms with van der Waals surface area (Å²) in [4.78, 5) is 31.6. The van der Waals surface area contributed by atoms with E-state index < -0.39 is 12.7 Å². The average molecular weight is 495 g/mol. The number of carbonyl (C=O) groups is 1. The maximum atomic E-state index is 12.4. The molecule has 0 spiro atoms. The number of allylic oxidation sites excluding steroid dienone is 2. The highest BCUT2D eigenvalue weighted by Gasteiger charge is 2.24. The van der Waals surface area contributed by atoms with Gasteiger partial charge in [-0.2, -0.15) is 0 Å². The summed E-state index contributed by atoms with van der Waals surface area (Å²) in [5.41, 5.74) is 1.07. The summed E-state index contributed by atoms with van der Waals surface area (Å²) in [7, 11) is 0. The van der Waals surface area contributed by atoms with E-state index in [4.69, 9.17) is 25.6 Å². The van der Waals surface area contributed by atoms with Crippen LogP contribution in [0.15, 0.2) is 36.4 Å². The van der Waals surface area contributed by atoms with Gasteiger partial charge in [-0.3, -0.25) is 9.32 Å². The summed E-state index contributed by atoms with van der Waals surface area (Å²) < 4.78 is 16.4. The van der Waals surface area contributed by atoms with E-state index in [0.717, 1.165) is 44.9 Å². The van der Waals surface area contributed by atoms with E-state index in [0.29, 0.717) is 24.1 Å². The number of rotatable bonds is 16. The van der Waals surface area contributed by atoms with Crippen LogP contribution in [0.2, 0.25) is 0 Å². The molecule has 1 aromatic heterocycles. The van der Waals surface area contributed by atoms with Gasteiger partial charge in [0.25, 0.3) is 11.8 Å². The van der Waals surface area contributed by atoms with Crippen molar-refractivity contribution in [3.8, 4) is 11.8 Å². The smallest absolute Gasteiger partial charge is 0.379 e. The van der Waals surface area contributed by atoms with Crippen molar-refractivity contribution in [3.63, 3.8) is 0 Å². The Morgan fingerprint density at radius 3 is 2.39 bits per heavy atom. The summed E-state index contributed by atoms with van der Waals surface area (Å²) in [5.74, 6) is -0.684. The Morgan fingerprint density at radius 1 is 1.00 bits per heavy atom. The Balaban J connectivity index is 2.02. The minimum absolute atomic E-state index is 0.112. The van der Waals surface area contributed by atoms with Gasteiger partial charge in [0, 0.05) is 18.2 Å². The van der Waals surface area contributed by atoms with Gasteiger partial charge in [0.05, 0.1) is 17.6 Å². The lowest BCUT2D eigenvalue weighted by Gasteiger charge is -2.17. The molecule has 0 fully saturated rings. The van der Waals surface area contributed by atoms with Gasteiger partial charge in [-0.1, -0.05) is 63.8 Å². The van der Waals surface area contributed by atoms with E-state index in [-0.39, 0.29) is 18.2 Å². The van der Waals surface area contributed by atoms with Crippen molar-refractivity contribution in [2.24, 2.45) is 0 Å². The van der Waals surface area contributed by atoms with Crippen molar-refractivity contribution in [3.05, 3.63) is 36.4 Å². The van der Waals surface area contributed by atoms with Crippen molar-refractivity contribution < 1.29 is 23.5 Å². The minimum atomic E-state index is -3.62. The molecule has 0 aliphatic heterocycles. The molecule has 0 amide bonds. The summed E-state index contributed by atoms with van der Waals surface area (Å²) in [6.07, 6.45) is 13.2. The molecule has 1 atom stereocenters. The second-order valence-electron chi connectivity index (χ2n) is 7.73. The number of ether oxygens (including phenoxy) is 1. The van der Waals surface area contributed by atoms with Gasteiger partial charge in [-0.05, 0) is 44.2 Å². The van der Waals surface area contributed by atoms with Crippen molar-refractivity contribution >= 4 is 35.5 Å². The van der Waals surface area contributed by atoms with Crippen LogP contribution in [0, 0.1) is 0 Å². The molecular formula is C24H35N2O5PS. The van der Waals surface area contributed by atoms with Crippen molar-refractivity contribution in [1.82, 2.24) is 9.97 Å². The SMILES string of the molecule is CC/C=C/CCCCC(=O)Oc1nc2ccccc2nc1OP(O)(=S)OCCCCCCC. The van der Waals surface area contributed by atoms with Gasteiger partial charge in [0.2, 0.25) is 0 Å². The van der Waals surface area contributed by atoms with Crippen LogP contribution in [0.5, 0.6) is 11.8 Å². The Bertz CT molecular complexity index is 954. The number of aromatic nitrogens is 2. The number of para-hydroxylation sites is 2. The molecule has 2 rings (SSSR count). The molecule has 2 aromatic rings. The van der Waals surface area contributed by atoms with Crippen LogP contribution >= 0.6 is 6.72 Å². The number of unbranched alkanes of at least 4 members (excludes halogenated alkanes) is 6. The third-order valence-electron chi connectivity index (χ3n) is 4.83. The first kappa shape index (κ1) is 27.4. The van der Waals surface area contributed by atoms with Crippen LogP contribution in [-0.2, 0) is 21.1 Å². The molecule has 0 saturated carbocycles. The highest BCUT2D eigenvalue weighted by molar-refractivity contribution is 8.07. The van der Waals surface area contributed by atoms with E-state index in [2.05, 4.69) is 36.0 Å². The molecule has 1 aromatic carbocycles. The first-order chi connectivity index (χ1) is 15.9. The van der Waals surface area contributed by atoms with E-state index in [1.54, 1.807) is 18.2 Å². The number of carbonyl (C=O) groups excluding carboxylic acids is 1. The molecule has 7 nitrogen and oxygen atoms in total. The molecule has 0 radical (unpaired) electrons. The maximum absolute atomic E-state index is 12.4. The van der Waals surface area contributed by atoms with Gasteiger partial charge in [0.1, 0.15) is 0 Å². The maximum Gasteiger partial charge on any atom is 0.379 e. The third-order valence-corrected chi connectivity index (χ3v) is 6.28. The van der Waals surface area contributed by atoms with Gasteiger partial charge in [-0.25, -0.2) is 9.97 Å². The van der Waals surface area contributed by atoms with Gasteiger partial charge < -0.3 is 14.2 Å². The summed E-state index contributed by atoms with van der Waals surface area (Å²) in [5, 5.41) is 0. The summed E-state index contributed by atoms with van der Waals surface area (Å²) >= 11 is 5.15. The largest absolute Gasteiger partial charge is 0.402 e. The molecule has 1 heterocycles. The number of benzene rings is 1. The fourth-order valence-corrected chi connectivity index (χ4v) is 4.28. The topological polar surface area (TPSA) is 90.8 Å². The molecular weight excluding hydrogens is 459 g/mol. The molecule has 9 heteroatoms. The van der Waals surface area contributed by atoms with Crippen LogP contribution in [0.1, 0.15) is 78.1 Å². The van der Waals surface area contributed by atoms with Crippen molar-refractivity contribution in [2.75, 3.05) is 6.61 Å². The number of fused-ring (bicyclic) bond motifs is 1. The molecule has 0 saturated heterocycles. The first-order valence-electron chi connectivity index (χ1n) is 11.7. The van der Waals surface area contributed by atoms with Gasteiger partial charge >= 0.3 is 12.7 Å². The molecule has 1 unspecified atom stereocenters. The molecule has 33 heavy (non-hydrogen) atoms. The van der Waals surface area contributed by atoms with E-state index >= 15 is 0 Å². The van der Waals surface area contributed by atoms with E-state index in [1.807, 2.05) is 6.07 Å². The van der Waals surface area contributed by atoms with Crippen molar-refractivity contribution in [2.45, 2.75) is 78.1 Å². The fraction of sp³-hybridized carbons (Fsp3) is 0.542. The number of esters is 1. The lowest BCUT2D eigenvalue weighted by atomic mass is 10.2. The predicted octanol–water partition coefficient (Wildman–Crippen LogP) is 6.64. The number of hydrogen-bond donors (Lipinski definition) is 1. The Kier molecular flexibility index (Phi) is 12.5. The van der Waals surface area contributed by atoms with Crippen LogP contribution in [0.3, 0.4) is 0 Å². The number of nitrogens with zero attached hydrogens (tertiary/aromatic N) is 2. The lowest BCUT2D eigenvalue weighted by Crippen LogP contribution is -2.11. The second kappa shape index (κ2) is 15.1. The molecule has 0 aliphatic rings.